The molecule has 0 spiro atoms. The molecule has 0 radical (unpaired) electrons. The van der Waals surface area contributed by atoms with Gasteiger partial charge in [0.15, 0.2) is 0 Å². The second kappa shape index (κ2) is 4.30. The zero-order chi connectivity index (χ0) is 12.5. The van der Waals surface area contributed by atoms with Crippen molar-refractivity contribution in [3.05, 3.63) is 30.5 Å². The van der Waals surface area contributed by atoms with Gasteiger partial charge in [-0.1, -0.05) is 18.2 Å². The molecule has 0 fully saturated rings. The van der Waals surface area contributed by atoms with Crippen molar-refractivity contribution in [2.75, 3.05) is 18.5 Å². The van der Waals surface area contributed by atoms with Crippen LogP contribution in [0.25, 0.3) is 10.9 Å². The van der Waals surface area contributed by atoms with Gasteiger partial charge in [-0.3, -0.25) is 0 Å². The number of para-hydroxylation sites is 1. The van der Waals surface area contributed by atoms with Gasteiger partial charge in [-0.15, -0.1) is 0 Å². The third kappa shape index (κ3) is 2.22. The quantitative estimate of drug-likeness (QED) is 0.873. The van der Waals surface area contributed by atoms with Crippen LogP contribution < -0.4 is 10.6 Å². The Kier molecular flexibility index (Phi) is 2.98. The van der Waals surface area contributed by atoms with Crippen molar-refractivity contribution in [2.45, 2.75) is 19.4 Å². The third-order valence-corrected chi connectivity index (χ3v) is 3.18. The number of nitrogens with zero attached hydrogens (tertiary/aromatic N) is 3. The van der Waals surface area contributed by atoms with Crippen LogP contribution in [0.15, 0.2) is 30.5 Å². The second-order valence-corrected chi connectivity index (χ2v) is 4.80. The lowest BCUT2D eigenvalue weighted by atomic mass is 10.1. The van der Waals surface area contributed by atoms with E-state index in [0.717, 1.165) is 10.9 Å². The molecular weight excluding hydrogens is 212 g/mol. The van der Waals surface area contributed by atoms with Crippen molar-refractivity contribution in [3.8, 4) is 0 Å². The van der Waals surface area contributed by atoms with E-state index in [9.17, 15) is 0 Å². The van der Waals surface area contributed by atoms with Crippen molar-refractivity contribution in [1.29, 1.82) is 0 Å². The van der Waals surface area contributed by atoms with E-state index in [1.54, 1.807) is 0 Å². The Morgan fingerprint density at radius 2 is 2.00 bits per heavy atom. The first kappa shape index (κ1) is 11.8. The molecule has 0 saturated heterocycles. The fraction of sp³-hybridized carbons (Fsp3) is 0.385. The fourth-order valence-electron chi connectivity index (χ4n) is 1.53. The van der Waals surface area contributed by atoms with Crippen LogP contribution in [0.3, 0.4) is 0 Å². The molecule has 0 atom stereocenters. The molecule has 0 saturated carbocycles. The summed E-state index contributed by atoms with van der Waals surface area (Å²) in [6, 6.07) is 7.96. The number of hydrogen-bond donors (Lipinski definition) is 1. The number of anilines is 1. The Labute approximate surface area is 101 Å². The first-order chi connectivity index (χ1) is 8.04. The first-order valence-electron chi connectivity index (χ1n) is 5.70. The minimum absolute atomic E-state index is 0.150. The lowest BCUT2D eigenvalue weighted by molar-refractivity contribution is 0.491. The van der Waals surface area contributed by atoms with Gasteiger partial charge < -0.3 is 10.6 Å². The Hall–Kier alpha value is -1.68. The van der Waals surface area contributed by atoms with Gasteiger partial charge in [0.05, 0.1) is 5.52 Å². The minimum Gasteiger partial charge on any atom is -0.337 e. The molecule has 90 valence electrons. The Balaban J connectivity index is 2.43. The van der Waals surface area contributed by atoms with Crippen molar-refractivity contribution in [3.63, 3.8) is 0 Å². The van der Waals surface area contributed by atoms with Gasteiger partial charge in [0.25, 0.3) is 0 Å². The summed E-state index contributed by atoms with van der Waals surface area (Å²) in [4.78, 5) is 10.9. The minimum atomic E-state index is -0.150. The molecule has 0 aliphatic carbocycles. The Bertz CT molecular complexity index is 522. The summed E-state index contributed by atoms with van der Waals surface area (Å²) in [5.41, 5.74) is 6.57. The lowest BCUT2D eigenvalue weighted by Gasteiger charge is -2.34. The second-order valence-electron chi connectivity index (χ2n) is 4.80. The zero-order valence-electron chi connectivity index (χ0n) is 10.5. The van der Waals surface area contributed by atoms with E-state index in [1.165, 1.54) is 0 Å². The van der Waals surface area contributed by atoms with E-state index in [0.29, 0.717) is 12.5 Å². The number of benzene rings is 1. The van der Waals surface area contributed by atoms with Crippen molar-refractivity contribution in [2.24, 2.45) is 5.73 Å². The topological polar surface area (TPSA) is 55.0 Å². The van der Waals surface area contributed by atoms with Crippen LogP contribution in [0.4, 0.5) is 5.95 Å². The summed E-state index contributed by atoms with van der Waals surface area (Å²) in [6.45, 7) is 4.71. The van der Waals surface area contributed by atoms with Crippen molar-refractivity contribution in [1.82, 2.24) is 9.97 Å². The van der Waals surface area contributed by atoms with E-state index in [2.05, 4.69) is 23.8 Å². The summed E-state index contributed by atoms with van der Waals surface area (Å²) < 4.78 is 0. The molecule has 17 heavy (non-hydrogen) atoms. The molecule has 0 amide bonds. The molecule has 1 aromatic heterocycles. The predicted molar refractivity (Wildman–Crippen MR) is 71.1 cm³/mol. The third-order valence-electron chi connectivity index (χ3n) is 3.18. The zero-order valence-corrected chi connectivity index (χ0v) is 10.5. The van der Waals surface area contributed by atoms with Gasteiger partial charge >= 0.3 is 0 Å². The highest BCUT2D eigenvalue weighted by molar-refractivity contribution is 5.78. The van der Waals surface area contributed by atoms with Crippen molar-refractivity contribution >= 4 is 16.9 Å². The molecule has 0 bridgehead atoms. The maximum absolute atomic E-state index is 5.76. The van der Waals surface area contributed by atoms with Crippen LogP contribution in [-0.4, -0.2) is 29.1 Å². The van der Waals surface area contributed by atoms with Crippen LogP contribution in [0, 0.1) is 0 Å². The van der Waals surface area contributed by atoms with Crippen LogP contribution in [-0.2, 0) is 0 Å². The van der Waals surface area contributed by atoms with Crippen LogP contribution >= 0.6 is 0 Å². The molecule has 1 aromatic carbocycles. The molecule has 0 aliphatic heterocycles. The van der Waals surface area contributed by atoms with Crippen molar-refractivity contribution < 1.29 is 0 Å². The molecule has 2 N–H and O–H groups in total. The largest absolute Gasteiger partial charge is 0.337 e. The lowest BCUT2D eigenvalue weighted by Crippen LogP contribution is -2.48. The summed E-state index contributed by atoms with van der Waals surface area (Å²) >= 11 is 0. The Morgan fingerprint density at radius 1 is 1.29 bits per heavy atom. The fourth-order valence-corrected chi connectivity index (χ4v) is 1.53. The number of rotatable bonds is 3. The van der Waals surface area contributed by atoms with E-state index < -0.39 is 0 Å². The number of fused-ring (bicyclic) bond motifs is 1. The van der Waals surface area contributed by atoms with Gasteiger partial charge in [-0.25, -0.2) is 9.97 Å². The Morgan fingerprint density at radius 3 is 2.71 bits per heavy atom. The maximum Gasteiger partial charge on any atom is 0.226 e. The smallest absolute Gasteiger partial charge is 0.226 e. The highest BCUT2D eigenvalue weighted by Gasteiger charge is 2.23. The average Bonchev–Trinajstić information content (AvgIpc) is 2.37. The predicted octanol–water partition coefficient (Wildman–Crippen LogP) is 1.80. The van der Waals surface area contributed by atoms with Gasteiger partial charge in [0.2, 0.25) is 5.95 Å². The summed E-state index contributed by atoms with van der Waals surface area (Å²) in [6.07, 6.45) is 1.85. The molecule has 2 aromatic rings. The molecule has 0 unspecified atom stereocenters. The van der Waals surface area contributed by atoms with E-state index in [1.807, 2.05) is 42.4 Å². The number of likely N-dealkylation sites (N-methyl/N-ethyl adjacent to an activating group) is 1. The van der Waals surface area contributed by atoms with E-state index >= 15 is 0 Å². The summed E-state index contributed by atoms with van der Waals surface area (Å²) in [5, 5.41) is 1.05. The van der Waals surface area contributed by atoms with Crippen LogP contribution in [0.5, 0.6) is 0 Å². The standard InChI is InChI=1S/C13H18N4/c1-13(2,9-14)17(3)12-15-8-10-6-4-5-7-11(10)16-12/h4-8H,9,14H2,1-3H3. The maximum atomic E-state index is 5.76. The number of hydrogen-bond acceptors (Lipinski definition) is 4. The molecule has 4 nitrogen and oxygen atoms in total. The average molecular weight is 230 g/mol. The molecular formula is C13H18N4. The van der Waals surface area contributed by atoms with E-state index in [-0.39, 0.29) is 5.54 Å². The van der Waals surface area contributed by atoms with Gasteiger partial charge in [-0.05, 0) is 19.9 Å². The normalized spacial score (nSPS) is 11.8. The number of aromatic nitrogens is 2. The van der Waals surface area contributed by atoms with Crippen LogP contribution in [0.2, 0.25) is 0 Å². The highest BCUT2D eigenvalue weighted by atomic mass is 15.3. The molecule has 2 rings (SSSR count). The highest BCUT2D eigenvalue weighted by Crippen LogP contribution is 2.19. The summed E-state index contributed by atoms with van der Waals surface area (Å²) in [7, 11) is 1.97. The van der Waals surface area contributed by atoms with Gasteiger partial charge in [0, 0.05) is 30.7 Å². The molecule has 0 aliphatic rings. The SMILES string of the molecule is CN(c1ncc2ccccc2n1)C(C)(C)CN. The van der Waals surface area contributed by atoms with Crippen LogP contribution in [0.1, 0.15) is 13.8 Å². The monoisotopic (exact) mass is 230 g/mol. The number of nitrogens with two attached hydrogens (primary N) is 1. The molecule has 1 heterocycles. The first-order valence-corrected chi connectivity index (χ1v) is 5.70. The van der Waals surface area contributed by atoms with Gasteiger partial charge in [-0.2, -0.15) is 0 Å². The summed E-state index contributed by atoms with van der Waals surface area (Å²) in [5.74, 6) is 0.708. The van der Waals surface area contributed by atoms with E-state index in [4.69, 9.17) is 5.73 Å². The van der Waals surface area contributed by atoms with Gasteiger partial charge in [0.1, 0.15) is 0 Å². The molecule has 4 heteroatoms.